The molecule has 2 aromatic carbocycles. The number of aromatic carboxylic acids is 1. The Morgan fingerprint density at radius 2 is 1.90 bits per heavy atom. The van der Waals surface area contributed by atoms with Gasteiger partial charge < -0.3 is 15.5 Å². The Kier molecular flexibility index (Phi) is 4.14. The molecule has 0 heterocycles. The second-order valence-corrected chi connectivity index (χ2v) is 4.83. The number of anilines is 1. The summed E-state index contributed by atoms with van der Waals surface area (Å²) in [4.78, 5) is 23.4. The van der Waals surface area contributed by atoms with Gasteiger partial charge in [-0.05, 0) is 42.8 Å². The topological polar surface area (TPSA) is 86.6 Å². The fourth-order valence-electron chi connectivity index (χ4n) is 1.94. The van der Waals surface area contributed by atoms with Crippen molar-refractivity contribution in [3.8, 4) is 5.75 Å². The highest BCUT2D eigenvalue weighted by Crippen LogP contribution is 2.25. The average Bonchev–Trinajstić information content (AvgIpc) is 2.37. The van der Waals surface area contributed by atoms with E-state index in [1.807, 2.05) is 0 Å². The number of hydrogen-bond acceptors (Lipinski definition) is 3. The van der Waals surface area contributed by atoms with Gasteiger partial charge in [-0.1, -0.05) is 17.7 Å². The molecule has 0 aliphatic rings. The number of carboxylic acids is 1. The molecule has 0 unspecified atom stereocenters. The van der Waals surface area contributed by atoms with Gasteiger partial charge in [0.2, 0.25) is 0 Å². The van der Waals surface area contributed by atoms with E-state index in [1.165, 1.54) is 30.3 Å². The van der Waals surface area contributed by atoms with Crippen LogP contribution < -0.4 is 5.32 Å². The van der Waals surface area contributed by atoms with Crippen molar-refractivity contribution >= 4 is 29.2 Å². The fourth-order valence-corrected chi connectivity index (χ4v) is 2.19. The fraction of sp³-hybridized carbons (Fsp3) is 0.0667. The zero-order valence-corrected chi connectivity index (χ0v) is 11.8. The summed E-state index contributed by atoms with van der Waals surface area (Å²) in [7, 11) is 0. The van der Waals surface area contributed by atoms with E-state index >= 15 is 0 Å². The number of carbonyl (C=O) groups excluding carboxylic acids is 1. The van der Waals surface area contributed by atoms with Gasteiger partial charge in [-0.3, -0.25) is 4.79 Å². The first kappa shape index (κ1) is 14.9. The minimum absolute atomic E-state index is 0.0442. The first-order valence-electron chi connectivity index (χ1n) is 6.03. The number of phenolic OH excluding ortho intramolecular Hbond substituents is 1. The molecule has 2 aromatic rings. The zero-order chi connectivity index (χ0) is 15.6. The highest BCUT2D eigenvalue weighted by Gasteiger charge is 2.17. The summed E-state index contributed by atoms with van der Waals surface area (Å²) < 4.78 is 0. The summed E-state index contributed by atoms with van der Waals surface area (Å²) in [5, 5.41) is 21.1. The van der Waals surface area contributed by atoms with E-state index in [-0.39, 0.29) is 22.0 Å². The number of rotatable bonds is 3. The number of aromatic hydroxyl groups is 1. The Bertz CT molecular complexity index is 728. The quantitative estimate of drug-likeness (QED) is 0.812. The summed E-state index contributed by atoms with van der Waals surface area (Å²) in [5.74, 6) is -1.64. The van der Waals surface area contributed by atoms with Gasteiger partial charge in [0.25, 0.3) is 5.91 Å². The highest BCUT2D eigenvalue weighted by molar-refractivity contribution is 6.34. The number of aryl methyl sites for hydroxylation is 1. The molecular weight excluding hydrogens is 294 g/mol. The maximum Gasteiger partial charge on any atom is 0.339 e. The molecule has 5 nitrogen and oxygen atoms in total. The van der Waals surface area contributed by atoms with Crippen LogP contribution in [0.5, 0.6) is 5.75 Å². The molecule has 0 atom stereocenters. The summed E-state index contributed by atoms with van der Waals surface area (Å²) in [5.41, 5.74) is 0.868. The zero-order valence-electron chi connectivity index (χ0n) is 11.1. The highest BCUT2D eigenvalue weighted by atomic mass is 35.5. The van der Waals surface area contributed by atoms with Gasteiger partial charge in [0, 0.05) is 5.56 Å². The predicted octanol–water partition coefficient (Wildman–Crippen LogP) is 3.30. The van der Waals surface area contributed by atoms with Gasteiger partial charge in [0.15, 0.2) is 0 Å². The van der Waals surface area contributed by atoms with Gasteiger partial charge in [0.05, 0.1) is 10.7 Å². The lowest BCUT2D eigenvalue weighted by Crippen LogP contribution is -2.16. The Balaban J connectivity index is 2.36. The Morgan fingerprint density at radius 1 is 1.19 bits per heavy atom. The van der Waals surface area contributed by atoms with E-state index in [4.69, 9.17) is 16.7 Å². The Hall–Kier alpha value is -2.53. The van der Waals surface area contributed by atoms with Crippen molar-refractivity contribution in [1.82, 2.24) is 0 Å². The third-order valence-electron chi connectivity index (χ3n) is 2.93. The maximum absolute atomic E-state index is 12.2. The predicted molar refractivity (Wildman–Crippen MR) is 79.2 cm³/mol. The summed E-state index contributed by atoms with van der Waals surface area (Å²) in [6.45, 7) is 1.67. The minimum atomic E-state index is -1.22. The molecule has 6 heteroatoms. The van der Waals surface area contributed by atoms with Crippen molar-refractivity contribution in [3.05, 3.63) is 58.1 Å². The third kappa shape index (κ3) is 3.14. The van der Waals surface area contributed by atoms with Crippen LogP contribution in [0, 0.1) is 6.92 Å². The first-order valence-corrected chi connectivity index (χ1v) is 6.40. The molecular formula is C15H12ClNO4. The van der Waals surface area contributed by atoms with Gasteiger partial charge >= 0.3 is 5.97 Å². The number of carbonyl (C=O) groups is 2. The molecule has 0 aromatic heterocycles. The van der Waals surface area contributed by atoms with E-state index in [2.05, 4.69) is 5.32 Å². The van der Waals surface area contributed by atoms with Crippen LogP contribution in [0.4, 0.5) is 5.69 Å². The third-order valence-corrected chi connectivity index (χ3v) is 3.25. The molecule has 0 saturated heterocycles. The van der Waals surface area contributed by atoms with Crippen molar-refractivity contribution < 1.29 is 19.8 Å². The van der Waals surface area contributed by atoms with Crippen molar-refractivity contribution in [3.63, 3.8) is 0 Å². The molecule has 0 saturated carbocycles. The van der Waals surface area contributed by atoms with Crippen LogP contribution >= 0.6 is 11.6 Å². The number of amides is 1. The standard InChI is InChI=1S/C15H12ClNO4/c1-8-7-9(18)5-6-10(8)14(19)17-12-4-2-3-11(16)13(12)15(20)21/h2-7,18H,1H3,(H,17,19)(H,20,21). The van der Waals surface area contributed by atoms with Crippen molar-refractivity contribution in [2.45, 2.75) is 6.92 Å². The van der Waals surface area contributed by atoms with Crippen LogP contribution in [0.2, 0.25) is 5.02 Å². The largest absolute Gasteiger partial charge is 0.508 e. The molecule has 1 amide bonds. The number of benzene rings is 2. The molecule has 2 rings (SSSR count). The van der Waals surface area contributed by atoms with E-state index in [0.717, 1.165) is 0 Å². The maximum atomic E-state index is 12.2. The number of carboxylic acid groups (broad SMARTS) is 1. The van der Waals surface area contributed by atoms with Crippen molar-refractivity contribution in [2.24, 2.45) is 0 Å². The van der Waals surface area contributed by atoms with Crippen molar-refractivity contribution in [2.75, 3.05) is 5.32 Å². The van der Waals surface area contributed by atoms with Crippen LogP contribution in [-0.2, 0) is 0 Å². The number of phenols is 1. The molecule has 0 radical (unpaired) electrons. The van der Waals surface area contributed by atoms with Gasteiger partial charge in [-0.15, -0.1) is 0 Å². The van der Waals surface area contributed by atoms with Crippen LogP contribution in [0.3, 0.4) is 0 Å². The molecule has 21 heavy (non-hydrogen) atoms. The van der Waals surface area contributed by atoms with Gasteiger partial charge in [-0.25, -0.2) is 4.79 Å². The molecule has 3 N–H and O–H groups in total. The van der Waals surface area contributed by atoms with Gasteiger partial charge in [-0.2, -0.15) is 0 Å². The molecule has 108 valence electrons. The Labute approximate surface area is 125 Å². The van der Waals surface area contributed by atoms with Crippen LogP contribution in [0.15, 0.2) is 36.4 Å². The molecule has 0 aliphatic carbocycles. The Morgan fingerprint density at radius 3 is 2.52 bits per heavy atom. The van der Waals surface area contributed by atoms with E-state index < -0.39 is 11.9 Å². The number of halogens is 1. The normalized spacial score (nSPS) is 10.2. The monoisotopic (exact) mass is 305 g/mol. The van der Waals surface area contributed by atoms with E-state index in [9.17, 15) is 14.7 Å². The number of nitrogens with one attached hydrogen (secondary N) is 1. The minimum Gasteiger partial charge on any atom is -0.508 e. The van der Waals surface area contributed by atoms with E-state index in [1.54, 1.807) is 13.0 Å². The van der Waals surface area contributed by atoms with Crippen LogP contribution in [-0.4, -0.2) is 22.1 Å². The average molecular weight is 306 g/mol. The summed E-state index contributed by atoms with van der Waals surface area (Å²) in [6.07, 6.45) is 0. The van der Waals surface area contributed by atoms with Crippen molar-refractivity contribution in [1.29, 1.82) is 0 Å². The van der Waals surface area contributed by atoms with Crippen LogP contribution in [0.25, 0.3) is 0 Å². The second kappa shape index (κ2) is 5.85. The van der Waals surface area contributed by atoms with E-state index in [0.29, 0.717) is 11.1 Å². The van der Waals surface area contributed by atoms with Crippen LogP contribution in [0.1, 0.15) is 26.3 Å². The lowest BCUT2D eigenvalue weighted by molar-refractivity contribution is 0.0698. The lowest BCUT2D eigenvalue weighted by Gasteiger charge is -2.11. The second-order valence-electron chi connectivity index (χ2n) is 4.42. The van der Waals surface area contributed by atoms with Gasteiger partial charge in [0.1, 0.15) is 11.3 Å². The molecule has 0 aliphatic heterocycles. The SMILES string of the molecule is Cc1cc(O)ccc1C(=O)Nc1cccc(Cl)c1C(=O)O. The lowest BCUT2D eigenvalue weighted by atomic mass is 10.1. The first-order chi connectivity index (χ1) is 9.90. The molecule has 0 bridgehead atoms. The summed E-state index contributed by atoms with van der Waals surface area (Å²) >= 11 is 5.84. The molecule has 0 fully saturated rings. The summed E-state index contributed by atoms with van der Waals surface area (Å²) in [6, 6.07) is 8.75. The smallest absolute Gasteiger partial charge is 0.339 e. The number of hydrogen-bond donors (Lipinski definition) is 3. The molecule has 0 spiro atoms.